The summed E-state index contributed by atoms with van der Waals surface area (Å²) in [6.45, 7) is 1.89. The molecule has 0 spiro atoms. The van der Waals surface area contributed by atoms with Gasteiger partial charge in [0.05, 0.1) is 4.92 Å². The van der Waals surface area contributed by atoms with Gasteiger partial charge in [0.2, 0.25) is 5.82 Å². The minimum atomic E-state index is -0.324. The maximum atomic E-state index is 11.2. The van der Waals surface area contributed by atoms with E-state index in [0.29, 0.717) is 29.2 Å². The third-order valence-corrected chi connectivity index (χ3v) is 4.76. The molecule has 1 saturated carbocycles. The van der Waals surface area contributed by atoms with Gasteiger partial charge in [-0.2, -0.15) is 16.9 Å². The molecule has 0 aromatic carbocycles. The quantitative estimate of drug-likeness (QED) is 0.664. The first-order valence-electron chi connectivity index (χ1n) is 6.56. The SMILES string of the molecule is CCc1nn(C)c(NC2CCC(SC)C2)c1[N+](=O)[O-]. The van der Waals surface area contributed by atoms with Gasteiger partial charge in [0.25, 0.3) is 0 Å². The average molecular weight is 284 g/mol. The first-order chi connectivity index (χ1) is 9.06. The fourth-order valence-corrected chi connectivity index (χ4v) is 3.44. The Morgan fingerprint density at radius 3 is 2.84 bits per heavy atom. The molecule has 2 rings (SSSR count). The maximum absolute atomic E-state index is 11.2. The summed E-state index contributed by atoms with van der Waals surface area (Å²) in [4.78, 5) is 10.9. The van der Waals surface area contributed by atoms with Crippen LogP contribution in [-0.2, 0) is 13.5 Å². The molecular weight excluding hydrogens is 264 g/mol. The van der Waals surface area contributed by atoms with Gasteiger partial charge >= 0.3 is 5.69 Å². The molecule has 7 heteroatoms. The van der Waals surface area contributed by atoms with E-state index in [1.54, 1.807) is 11.7 Å². The Balaban J connectivity index is 2.20. The van der Waals surface area contributed by atoms with Gasteiger partial charge in [-0.3, -0.25) is 10.1 Å². The molecule has 0 aliphatic heterocycles. The largest absolute Gasteiger partial charge is 0.362 e. The molecule has 6 nitrogen and oxygen atoms in total. The molecule has 19 heavy (non-hydrogen) atoms. The van der Waals surface area contributed by atoms with Crippen LogP contribution in [0.25, 0.3) is 0 Å². The Hall–Kier alpha value is -1.24. The zero-order chi connectivity index (χ0) is 14.0. The van der Waals surface area contributed by atoms with Crippen LogP contribution in [0, 0.1) is 10.1 Å². The van der Waals surface area contributed by atoms with Crippen molar-refractivity contribution in [1.29, 1.82) is 0 Å². The topological polar surface area (TPSA) is 73.0 Å². The summed E-state index contributed by atoms with van der Waals surface area (Å²) in [5.41, 5.74) is 0.687. The second-order valence-corrected chi connectivity index (χ2v) is 6.03. The number of hydrogen-bond donors (Lipinski definition) is 1. The van der Waals surface area contributed by atoms with Crippen molar-refractivity contribution in [2.45, 2.75) is 43.9 Å². The van der Waals surface area contributed by atoms with E-state index in [-0.39, 0.29) is 10.6 Å². The fraction of sp³-hybridized carbons (Fsp3) is 0.750. The number of aryl methyl sites for hydroxylation is 2. The summed E-state index contributed by atoms with van der Waals surface area (Å²) in [6.07, 6.45) is 5.99. The minimum absolute atomic E-state index is 0.137. The van der Waals surface area contributed by atoms with E-state index in [4.69, 9.17) is 0 Å². The molecule has 1 N–H and O–H groups in total. The Kier molecular flexibility index (Phi) is 4.34. The Labute approximate surface area is 117 Å². The van der Waals surface area contributed by atoms with Gasteiger partial charge in [-0.1, -0.05) is 6.92 Å². The fourth-order valence-electron chi connectivity index (χ4n) is 2.64. The van der Waals surface area contributed by atoms with Crippen molar-refractivity contribution >= 4 is 23.3 Å². The lowest BCUT2D eigenvalue weighted by atomic mass is 10.2. The highest BCUT2D eigenvalue weighted by Gasteiger charge is 2.30. The molecule has 1 aliphatic rings. The Morgan fingerprint density at radius 2 is 2.32 bits per heavy atom. The summed E-state index contributed by atoms with van der Waals surface area (Å²) in [6, 6.07) is 0.316. The molecule has 106 valence electrons. The zero-order valence-electron chi connectivity index (χ0n) is 11.5. The van der Waals surface area contributed by atoms with Crippen LogP contribution in [0.2, 0.25) is 0 Å². The number of nitro groups is 1. The van der Waals surface area contributed by atoms with Gasteiger partial charge < -0.3 is 5.32 Å². The van der Waals surface area contributed by atoms with Crippen LogP contribution >= 0.6 is 11.8 Å². The number of hydrogen-bond acceptors (Lipinski definition) is 5. The van der Waals surface area contributed by atoms with E-state index in [1.165, 1.54) is 6.42 Å². The second kappa shape index (κ2) is 5.81. The lowest BCUT2D eigenvalue weighted by Crippen LogP contribution is -2.18. The molecule has 1 aromatic rings. The molecule has 1 fully saturated rings. The molecule has 1 aliphatic carbocycles. The van der Waals surface area contributed by atoms with Crippen LogP contribution in [0.4, 0.5) is 11.5 Å². The van der Waals surface area contributed by atoms with Gasteiger partial charge in [0.15, 0.2) is 0 Å². The maximum Gasteiger partial charge on any atom is 0.333 e. The molecule has 0 amide bonds. The van der Waals surface area contributed by atoms with Gasteiger partial charge in [0.1, 0.15) is 5.69 Å². The normalized spacial score (nSPS) is 22.7. The predicted molar refractivity (Wildman–Crippen MR) is 77.8 cm³/mol. The molecule has 2 atom stereocenters. The van der Waals surface area contributed by atoms with E-state index in [9.17, 15) is 10.1 Å². The number of thioether (sulfide) groups is 1. The molecule has 0 radical (unpaired) electrons. The van der Waals surface area contributed by atoms with Crippen LogP contribution in [0.3, 0.4) is 0 Å². The lowest BCUT2D eigenvalue weighted by molar-refractivity contribution is -0.384. The number of aromatic nitrogens is 2. The van der Waals surface area contributed by atoms with Crippen LogP contribution in [0.5, 0.6) is 0 Å². The Morgan fingerprint density at radius 1 is 1.58 bits per heavy atom. The average Bonchev–Trinajstić information content (AvgIpc) is 2.95. The highest BCUT2D eigenvalue weighted by Crippen LogP contribution is 2.34. The number of rotatable bonds is 5. The van der Waals surface area contributed by atoms with Crippen molar-refractivity contribution in [3.63, 3.8) is 0 Å². The number of nitrogens with one attached hydrogen (secondary N) is 1. The van der Waals surface area contributed by atoms with Crippen molar-refractivity contribution in [2.75, 3.05) is 11.6 Å². The van der Waals surface area contributed by atoms with Crippen LogP contribution in [-0.4, -0.2) is 32.3 Å². The third kappa shape index (κ3) is 2.86. The highest BCUT2D eigenvalue weighted by atomic mass is 32.2. The number of anilines is 1. The molecule has 1 heterocycles. The van der Waals surface area contributed by atoms with Gasteiger partial charge in [-0.05, 0) is 31.9 Å². The van der Waals surface area contributed by atoms with E-state index in [0.717, 1.165) is 12.8 Å². The van der Waals surface area contributed by atoms with Crippen LogP contribution < -0.4 is 5.32 Å². The van der Waals surface area contributed by atoms with Crippen LogP contribution in [0.15, 0.2) is 0 Å². The molecule has 1 aromatic heterocycles. The minimum Gasteiger partial charge on any atom is -0.362 e. The first-order valence-corrected chi connectivity index (χ1v) is 7.85. The highest BCUT2D eigenvalue weighted by molar-refractivity contribution is 7.99. The predicted octanol–water partition coefficient (Wildman–Crippen LogP) is 2.59. The van der Waals surface area contributed by atoms with Gasteiger partial charge in [0, 0.05) is 18.3 Å². The second-order valence-electron chi connectivity index (χ2n) is 4.89. The molecule has 0 bridgehead atoms. The summed E-state index contributed by atoms with van der Waals surface area (Å²) >= 11 is 1.87. The van der Waals surface area contributed by atoms with Gasteiger partial charge in [-0.25, -0.2) is 4.68 Å². The van der Waals surface area contributed by atoms with Crippen LogP contribution in [0.1, 0.15) is 31.9 Å². The van der Waals surface area contributed by atoms with Crippen molar-refractivity contribution in [3.05, 3.63) is 15.8 Å². The standard InChI is InChI=1S/C12H20N4O2S/c1-4-10-11(16(17)18)12(15(2)14-10)13-8-5-6-9(7-8)19-3/h8-9,13H,4-7H2,1-3H3. The van der Waals surface area contributed by atoms with E-state index in [1.807, 2.05) is 18.7 Å². The van der Waals surface area contributed by atoms with E-state index >= 15 is 0 Å². The van der Waals surface area contributed by atoms with Crippen molar-refractivity contribution in [1.82, 2.24) is 9.78 Å². The van der Waals surface area contributed by atoms with Crippen molar-refractivity contribution < 1.29 is 4.92 Å². The number of nitrogens with zero attached hydrogens (tertiary/aromatic N) is 3. The van der Waals surface area contributed by atoms with Crippen molar-refractivity contribution in [3.8, 4) is 0 Å². The molecular formula is C12H20N4O2S. The zero-order valence-corrected chi connectivity index (χ0v) is 12.4. The van der Waals surface area contributed by atoms with E-state index < -0.39 is 0 Å². The third-order valence-electron chi connectivity index (χ3n) is 3.67. The smallest absolute Gasteiger partial charge is 0.333 e. The van der Waals surface area contributed by atoms with E-state index in [2.05, 4.69) is 16.7 Å². The molecule has 0 saturated heterocycles. The van der Waals surface area contributed by atoms with Gasteiger partial charge in [-0.15, -0.1) is 0 Å². The first kappa shape index (κ1) is 14.2. The summed E-state index contributed by atoms with van der Waals surface area (Å²) < 4.78 is 1.60. The molecule has 2 unspecified atom stereocenters. The van der Waals surface area contributed by atoms with Crippen molar-refractivity contribution in [2.24, 2.45) is 7.05 Å². The lowest BCUT2D eigenvalue weighted by Gasteiger charge is -2.13. The summed E-state index contributed by atoms with van der Waals surface area (Å²) in [5, 5.41) is 19.4. The summed E-state index contributed by atoms with van der Waals surface area (Å²) in [5.74, 6) is 0.550. The summed E-state index contributed by atoms with van der Waals surface area (Å²) in [7, 11) is 1.76. The Bertz CT molecular complexity index is 475. The monoisotopic (exact) mass is 284 g/mol.